The molecule has 2 aromatic rings. The van der Waals surface area contributed by atoms with E-state index in [9.17, 15) is 4.79 Å². The Morgan fingerprint density at radius 1 is 1.15 bits per heavy atom. The van der Waals surface area contributed by atoms with Gasteiger partial charge in [-0.05, 0) is 56.1 Å². The molecule has 1 heterocycles. The number of nitrogens with zero attached hydrogens (tertiary/aromatic N) is 1. The van der Waals surface area contributed by atoms with Crippen molar-refractivity contribution in [2.75, 3.05) is 26.7 Å². The number of amides is 1. The minimum Gasteiger partial charge on any atom is -0.497 e. The van der Waals surface area contributed by atoms with Crippen molar-refractivity contribution in [2.45, 2.75) is 31.9 Å². The van der Waals surface area contributed by atoms with Crippen molar-refractivity contribution < 1.29 is 14.3 Å². The van der Waals surface area contributed by atoms with Crippen LogP contribution in [0.15, 0.2) is 54.6 Å². The number of hydrogen-bond acceptors (Lipinski definition) is 4. The Morgan fingerprint density at radius 3 is 2.59 bits per heavy atom. The van der Waals surface area contributed by atoms with Gasteiger partial charge < -0.3 is 14.8 Å². The highest BCUT2D eigenvalue weighted by Crippen LogP contribution is 2.32. The highest BCUT2D eigenvalue weighted by Gasteiger charge is 2.25. The Bertz CT molecular complexity index is 718. The molecule has 2 atom stereocenters. The topological polar surface area (TPSA) is 50.8 Å². The van der Waals surface area contributed by atoms with Crippen molar-refractivity contribution in [2.24, 2.45) is 0 Å². The summed E-state index contributed by atoms with van der Waals surface area (Å²) in [5.41, 5.74) is 1.31. The van der Waals surface area contributed by atoms with Crippen LogP contribution in [0.4, 0.5) is 0 Å². The molecule has 0 spiro atoms. The van der Waals surface area contributed by atoms with Gasteiger partial charge in [0.2, 0.25) is 0 Å². The number of carbonyl (C=O) groups excluding carboxylic acids is 1. The van der Waals surface area contributed by atoms with E-state index in [1.807, 2.05) is 42.5 Å². The third kappa shape index (κ3) is 5.23. The number of hydrogen-bond donors (Lipinski definition) is 1. The van der Waals surface area contributed by atoms with Crippen LogP contribution in [-0.2, 0) is 4.79 Å². The quantitative estimate of drug-likeness (QED) is 0.776. The normalized spacial score (nSPS) is 18.1. The van der Waals surface area contributed by atoms with Crippen LogP contribution in [0, 0.1) is 0 Å². The first kappa shape index (κ1) is 19.2. The van der Waals surface area contributed by atoms with Crippen molar-refractivity contribution in [3.63, 3.8) is 0 Å². The van der Waals surface area contributed by atoms with Gasteiger partial charge in [0.05, 0.1) is 7.11 Å². The second-order valence-corrected chi connectivity index (χ2v) is 6.83. The minimum absolute atomic E-state index is 0.0842. The first-order valence-electron chi connectivity index (χ1n) is 9.55. The third-order valence-electron chi connectivity index (χ3n) is 4.99. The van der Waals surface area contributed by atoms with Crippen LogP contribution in [0.1, 0.15) is 31.4 Å². The Hall–Kier alpha value is -2.53. The number of likely N-dealkylation sites (tertiary alicyclic amines) is 1. The molecule has 144 valence electrons. The van der Waals surface area contributed by atoms with Crippen molar-refractivity contribution in [1.82, 2.24) is 10.2 Å². The number of rotatable bonds is 8. The number of nitrogens with one attached hydrogen (secondary N) is 1. The second-order valence-electron chi connectivity index (χ2n) is 6.83. The molecule has 0 unspecified atom stereocenters. The summed E-state index contributed by atoms with van der Waals surface area (Å²) in [6, 6.07) is 18.1. The van der Waals surface area contributed by atoms with Gasteiger partial charge in [0.1, 0.15) is 11.5 Å². The lowest BCUT2D eigenvalue weighted by Gasteiger charge is -2.25. The monoisotopic (exact) mass is 368 g/mol. The molecule has 1 aliphatic heterocycles. The maximum absolute atomic E-state index is 12.3. The molecule has 5 heteroatoms. The SMILES string of the molecule is COc1ccc([C@@H]2CCCN2CCNC(=O)[C@@H](C)Oc2ccccc2)cc1. The van der Waals surface area contributed by atoms with Crippen LogP contribution < -0.4 is 14.8 Å². The predicted octanol–water partition coefficient (Wildman–Crippen LogP) is 3.42. The second kappa shape index (κ2) is 9.42. The minimum atomic E-state index is -0.511. The van der Waals surface area contributed by atoms with Gasteiger partial charge in [-0.1, -0.05) is 30.3 Å². The number of benzene rings is 2. The van der Waals surface area contributed by atoms with E-state index in [0.29, 0.717) is 18.3 Å². The Kier molecular flexibility index (Phi) is 6.71. The number of ether oxygens (including phenoxy) is 2. The fraction of sp³-hybridized carbons (Fsp3) is 0.409. The van der Waals surface area contributed by atoms with Crippen molar-refractivity contribution in [3.8, 4) is 11.5 Å². The van der Waals surface area contributed by atoms with Crippen LogP contribution in [0.3, 0.4) is 0 Å². The van der Waals surface area contributed by atoms with E-state index in [1.54, 1.807) is 14.0 Å². The zero-order valence-electron chi connectivity index (χ0n) is 16.1. The molecule has 1 saturated heterocycles. The third-order valence-corrected chi connectivity index (χ3v) is 4.99. The lowest BCUT2D eigenvalue weighted by Crippen LogP contribution is -2.40. The van der Waals surface area contributed by atoms with E-state index < -0.39 is 6.10 Å². The van der Waals surface area contributed by atoms with Gasteiger partial charge in [-0.25, -0.2) is 0 Å². The van der Waals surface area contributed by atoms with Crippen LogP contribution in [0.2, 0.25) is 0 Å². The van der Waals surface area contributed by atoms with Crippen molar-refractivity contribution >= 4 is 5.91 Å². The molecule has 1 N–H and O–H groups in total. The molecule has 0 saturated carbocycles. The summed E-state index contributed by atoms with van der Waals surface area (Å²) in [7, 11) is 1.68. The van der Waals surface area contributed by atoms with E-state index in [2.05, 4.69) is 22.3 Å². The van der Waals surface area contributed by atoms with E-state index >= 15 is 0 Å². The summed E-state index contributed by atoms with van der Waals surface area (Å²) in [4.78, 5) is 14.7. The predicted molar refractivity (Wildman–Crippen MR) is 106 cm³/mol. The smallest absolute Gasteiger partial charge is 0.260 e. The molecule has 0 aromatic heterocycles. The summed E-state index contributed by atoms with van der Waals surface area (Å²) in [5.74, 6) is 1.50. The Labute approximate surface area is 161 Å². The first-order valence-corrected chi connectivity index (χ1v) is 9.55. The summed E-state index contributed by atoms with van der Waals surface area (Å²) in [6.07, 6.45) is 1.81. The lowest BCUT2D eigenvalue weighted by atomic mass is 10.0. The lowest BCUT2D eigenvalue weighted by molar-refractivity contribution is -0.127. The highest BCUT2D eigenvalue weighted by atomic mass is 16.5. The molecule has 0 aliphatic carbocycles. The van der Waals surface area contributed by atoms with Crippen molar-refractivity contribution in [3.05, 3.63) is 60.2 Å². The Morgan fingerprint density at radius 2 is 1.89 bits per heavy atom. The van der Waals surface area contributed by atoms with Gasteiger partial charge in [0.25, 0.3) is 5.91 Å². The van der Waals surface area contributed by atoms with E-state index in [0.717, 1.165) is 25.3 Å². The standard InChI is InChI=1S/C22H28N2O3/c1-17(27-20-7-4-3-5-8-20)22(25)23-14-16-24-15-6-9-21(24)18-10-12-19(26-2)13-11-18/h3-5,7-8,10-13,17,21H,6,9,14-16H2,1-2H3,(H,23,25)/t17-,21+/m1/s1. The molecule has 3 rings (SSSR count). The zero-order chi connectivity index (χ0) is 19.1. The van der Waals surface area contributed by atoms with Crippen LogP contribution in [0.25, 0.3) is 0 Å². The molecule has 1 aliphatic rings. The largest absolute Gasteiger partial charge is 0.497 e. The first-order chi connectivity index (χ1) is 13.2. The molecule has 0 bridgehead atoms. The molecule has 27 heavy (non-hydrogen) atoms. The van der Waals surface area contributed by atoms with Crippen molar-refractivity contribution in [1.29, 1.82) is 0 Å². The molecule has 1 amide bonds. The summed E-state index contributed by atoms with van der Waals surface area (Å²) < 4.78 is 10.9. The van der Waals surface area contributed by atoms with E-state index in [1.165, 1.54) is 12.0 Å². The molecular formula is C22H28N2O3. The van der Waals surface area contributed by atoms with Gasteiger partial charge >= 0.3 is 0 Å². The van der Waals surface area contributed by atoms with Gasteiger partial charge in [-0.15, -0.1) is 0 Å². The highest BCUT2D eigenvalue weighted by molar-refractivity contribution is 5.80. The molecule has 2 aromatic carbocycles. The van der Waals surface area contributed by atoms with Gasteiger partial charge in [-0.2, -0.15) is 0 Å². The average Bonchev–Trinajstić information content (AvgIpc) is 3.17. The number of para-hydroxylation sites is 1. The maximum Gasteiger partial charge on any atom is 0.260 e. The van der Waals surface area contributed by atoms with Gasteiger partial charge in [0.15, 0.2) is 6.10 Å². The van der Waals surface area contributed by atoms with Crippen LogP contribution >= 0.6 is 0 Å². The number of carbonyl (C=O) groups is 1. The fourth-order valence-corrected chi connectivity index (χ4v) is 3.52. The van der Waals surface area contributed by atoms with E-state index in [4.69, 9.17) is 9.47 Å². The summed E-state index contributed by atoms with van der Waals surface area (Å²) in [5, 5.41) is 2.99. The van der Waals surface area contributed by atoms with Gasteiger partial charge in [0, 0.05) is 19.1 Å². The van der Waals surface area contributed by atoms with Crippen LogP contribution in [-0.4, -0.2) is 43.7 Å². The Balaban J connectivity index is 1.46. The molecule has 1 fully saturated rings. The van der Waals surface area contributed by atoms with Gasteiger partial charge in [-0.3, -0.25) is 9.69 Å². The molecular weight excluding hydrogens is 340 g/mol. The molecule has 5 nitrogen and oxygen atoms in total. The van der Waals surface area contributed by atoms with Crippen LogP contribution in [0.5, 0.6) is 11.5 Å². The summed E-state index contributed by atoms with van der Waals surface area (Å²) in [6.45, 7) is 4.29. The average molecular weight is 368 g/mol. The number of methoxy groups -OCH3 is 1. The fourth-order valence-electron chi connectivity index (χ4n) is 3.52. The summed E-state index contributed by atoms with van der Waals surface area (Å²) >= 11 is 0. The maximum atomic E-state index is 12.3. The zero-order valence-corrected chi connectivity index (χ0v) is 16.1. The molecule has 0 radical (unpaired) electrons. The van der Waals surface area contributed by atoms with E-state index in [-0.39, 0.29) is 5.91 Å².